The Labute approximate surface area is 113 Å². The van der Waals surface area contributed by atoms with Crippen molar-refractivity contribution in [3.05, 3.63) is 17.0 Å². The van der Waals surface area contributed by atoms with Crippen LogP contribution in [-0.4, -0.2) is 14.5 Å². The number of nitrogens with zero attached hydrogens (tertiary/aromatic N) is 1. The van der Waals surface area contributed by atoms with E-state index in [1.54, 1.807) is 0 Å². The summed E-state index contributed by atoms with van der Waals surface area (Å²) in [4.78, 5) is 0.408. The second-order valence-electron chi connectivity index (χ2n) is 4.72. The van der Waals surface area contributed by atoms with Crippen LogP contribution in [0, 0.1) is 17.2 Å². The second kappa shape index (κ2) is 6.32. The SMILES string of the molecule is CC(C)CCC(C)NS(=O)(=O)c1ccc(C#N)s1. The number of sulfonamides is 1. The molecule has 0 bridgehead atoms. The highest BCUT2D eigenvalue weighted by molar-refractivity contribution is 7.91. The van der Waals surface area contributed by atoms with E-state index in [1.807, 2.05) is 13.0 Å². The van der Waals surface area contributed by atoms with E-state index in [0.717, 1.165) is 24.2 Å². The van der Waals surface area contributed by atoms with E-state index in [9.17, 15) is 8.42 Å². The van der Waals surface area contributed by atoms with Gasteiger partial charge >= 0.3 is 0 Å². The fraction of sp³-hybridized carbons (Fsp3) is 0.583. The van der Waals surface area contributed by atoms with Gasteiger partial charge in [0.25, 0.3) is 0 Å². The Morgan fingerprint density at radius 1 is 1.33 bits per heavy atom. The fourth-order valence-electron chi connectivity index (χ4n) is 1.49. The Morgan fingerprint density at radius 3 is 2.50 bits per heavy atom. The van der Waals surface area contributed by atoms with Crippen LogP contribution in [0.3, 0.4) is 0 Å². The lowest BCUT2D eigenvalue weighted by molar-refractivity contribution is 0.486. The van der Waals surface area contributed by atoms with Gasteiger partial charge in [0.1, 0.15) is 15.2 Å². The molecule has 1 aromatic rings. The van der Waals surface area contributed by atoms with Gasteiger partial charge in [-0.15, -0.1) is 11.3 Å². The third-order valence-corrected chi connectivity index (χ3v) is 5.56. The van der Waals surface area contributed by atoms with Gasteiger partial charge < -0.3 is 0 Å². The molecule has 0 spiro atoms. The average Bonchev–Trinajstić information content (AvgIpc) is 2.75. The minimum absolute atomic E-state index is 0.0926. The molecule has 1 atom stereocenters. The van der Waals surface area contributed by atoms with Crippen molar-refractivity contribution >= 4 is 21.4 Å². The van der Waals surface area contributed by atoms with Gasteiger partial charge in [-0.2, -0.15) is 5.26 Å². The number of nitrogens with one attached hydrogen (secondary N) is 1. The molecule has 0 saturated heterocycles. The van der Waals surface area contributed by atoms with E-state index in [0.29, 0.717) is 10.8 Å². The van der Waals surface area contributed by atoms with Crippen molar-refractivity contribution in [1.82, 2.24) is 4.72 Å². The highest BCUT2D eigenvalue weighted by Gasteiger charge is 2.19. The first-order valence-corrected chi connectivity index (χ1v) is 8.17. The molecule has 6 heteroatoms. The molecular formula is C12H18N2O2S2. The summed E-state index contributed by atoms with van der Waals surface area (Å²) < 4.78 is 26.9. The largest absolute Gasteiger partial charge is 0.250 e. The Bertz CT molecular complexity index is 527. The van der Waals surface area contributed by atoms with Gasteiger partial charge in [-0.05, 0) is 37.8 Å². The molecule has 0 aliphatic rings. The van der Waals surface area contributed by atoms with Crippen LogP contribution in [0.4, 0.5) is 0 Å². The summed E-state index contributed by atoms with van der Waals surface area (Å²) in [6, 6.07) is 4.85. The highest BCUT2D eigenvalue weighted by atomic mass is 32.2. The van der Waals surface area contributed by atoms with E-state index in [4.69, 9.17) is 5.26 Å². The molecule has 0 aromatic carbocycles. The van der Waals surface area contributed by atoms with Crippen molar-refractivity contribution in [3.8, 4) is 6.07 Å². The van der Waals surface area contributed by atoms with Crippen molar-refractivity contribution in [2.45, 2.75) is 43.9 Å². The van der Waals surface area contributed by atoms with E-state index in [1.165, 1.54) is 12.1 Å². The van der Waals surface area contributed by atoms with Crippen LogP contribution in [0.5, 0.6) is 0 Å². The maximum absolute atomic E-state index is 12.0. The van der Waals surface area contributed by atoms with Crippen LogP contribution >= 0.6 is 11.3 Å². The molecule has 1 N–H and O–H groups in total. The minimum atomic E-state index is -3.48. The highest BCUT2D eigenvalue weighted by Crippen LogP contribution is 2.21. The maximum atomic E-state index is 12.0. The third-order valence-electron chi connectivity index (χ3n) is 2.49. The lowest BCUT2D eigenvalue weighted by atomic mass is 10.1. The van der Waals surface area contributed by atoms with Crippen LogP contribution in [0.2, 0.25) is 0 Å². The summed E-state index contributed by atoms with van der Waals surface area (Å²) >= 11 is 0.995. The van der Waals surface area contributed by atoms with Crippen LogP contribution < -0.4 is 4.72 Å². The van der Waals surface area contributed by atoms with Gasteiger partial charge in [0.15, 0.2) is 0 Å². The van der Waals surface area contributed by atoms with Gasteiger partial charge in [0, 0.05) is 6.04 Å². The molecule has 0 saturated carbocycles. The molecule has 100 valence electrons. The summed E-state index contributed by atoms with van der Waals surface area (Å²) in [5.74, 6) is 0.559. The second-order valence-corrected chi connectivity index (χ2v) is 7.75. The van der Waals surface area contributed by atoms with Crippen molar-refractivity contribution in [3.63, 3.8) is 0 Å². The average molecular weight is 286 g/mol. The van der Waals surface area contributed by atoms with Gasteiger partial charge in [0.2, 0.25) is 10.0 Å². The zero-order chi connectivity index (χ0) is 13.8. The predicted molar refractivity (Wildman–Crippen MR) is 72.9 cm³/mol. The minimum Gasteiger partial charge on any atom is -0.208 e. The van der Waals surface area contributed by atoms with Crippen molar-refractivity contribution in [2.75, 3.05) is 0 Å². The molecule has 18 heavy (non-hydrogen) atoms. The molecule has 1 unspecified atom stereocenters. The van der Waals surface area contributed by atoms with Gasteiger partial charge in [-0.1, -0.05) is 13.8 Å². The summed E-state index contributed by atoms with van der Waals surface area (Å²) in [5.41, 5.74) is 0. The van der Waals surface area contributed by atoms with Crippen molar-refractivity contribution < 1.29 is 8.42 Å². The summed E-state index contributed by atoms with van der Waals surface area (Å²) in [7, 11) is -3.48. The number of hydrogen-bond acceptors (Lipinski definition) is 4. The third kappa shape index (κ3) is 4.41. The zero-order valence-corrected chi connectivity index (χ0v) is 12.4. The first-order chi connectivity index (χ1) is 8.35. The Balaban J connectivity index is 2.67. The standard InChI is InChI=1S/C12H18N2O2S2/c1-9(2)4-5-10(3)14-18(15,16)12-7-6-11(8-13)17-12/h6-7,9-10,14H,4-5H2,1-3H3. The first kappa shape index (κ1) is 15.2. The van der Waals surface area contributed by atoms with Crippen molar-refractivity contribution in [2.24, 2.45) is 5.92 Å². The van der Waals surface area contributed by atoms with Crippen LogP contribution in [0.25, 0.3) is 0 Å². The molecule has 0 fully saturated rings. The normalized spacial score (nSPS) is 13.5. The molecule has 0 amide bonds. The Kier molecular flexibility index (Phi) is 5.32. The summed E-state index contributed by atoms with van der Waals surface area (Å²) in [5, 5.41) is 8.69. The lowest BCUT2D eigenvalue weighted by Crippen LogP contribution is -2.32. The zero-order valence-electron chi connectivity index (χ0n) is 10.8. The molecule has 1 aromatic heterocycles. The van der Waals surface area contributed by atoms with E-state index < -0.39 is 10.0 Å². The number of rotatable bonds is 6. The molecule has 1 rings (SSSR count). The van der Waals surface area contributed by atoms with Crippen molar-refractivity contribution in [1.29, 1.82) is 5.26 Å². The fourth-order valence-corrected chi connectivity index (χ4v) is 3.89. The van der Waals surface area contributed by atoms with E-state index in [-0.39, 0.29) is 10.3 Å². The van der Waals surface area contributed by atoms with E-state index >= 15 is 0 Å². The predicted octanol–water partition coefficient (Wildman–Crippen LogP) is 2.72. The molecule has 0 radical (unpaired) electrons. The number of hydrogen-bond donors (Lipinski definition) is 1. The maximum Gasteiger partial charge on any atom is 0.250 e. The smallest absolute Gasteiger partial charge is 0.208 e. The Morgan fingerprint density at radius 2 is 2.00 bits per heavy atom. The molecule has 0 aliphatic heterocycles. The number of thiophene rings is 1. The van der Waals surface area contributed by atoms with Crippen LogP contribution in [-0.2, 0) is 10.0 Å². The molecule has 0 aliphatic carbocycles. The van der Waals surface area contributed by atoms with E-state index in [2.05, 4.69) is 18.6 Å². The lowest BCUT2D eigenvalue weighted by Gasteiger charge is -2.14. The van der Waals surface area contributed by atoms with Gasteiger partial charge in [0.05, 0.1) is 0 Å². The summed E-state index contributed by atoms with van der Waals surface area (Å²) in [6.07, 6.45) is 1.80. The first-order valence-electron chi connectivity index (χ1n) is 5.87. The topological polar surface area (TPSA) is 70.0 Å². The summed E-state index contributed by atoms with van der Waals surface area (Å²) in [6.45, 7) is 6.08. The molecular weight excluding hydrogens is 268 g/mol. The monoisotopic (exact) mass is 286 g/mol. The van der Waals surface area contributed by atoms with Gasteiger partial charge in [-0.25, -0.2) is 13.1 Å². The van der Waals surface area contributed by atoms with Crippen LogP contribution in [0.15, 0.2) is 16.3 Å². The van der Waals surface area contributed by atoms with Crippen LogP contribution in [0.1, 0.15) is 38.5 Å². The Hall–Kier alpha value is -0.900. The number of nitriles is 1. The quantitative estimate of drug-likeness (QED) is 0.874. The molecule has 4 nitrogen and oxygen atoms in total. The van der Waals surface area contributed by atoms with Gasteiger partial charge in [-0.3, -0.25) is 0 Å². The molecule has 1 heterocycles.